The summed E-state index contributed by atoms with van der Waals surface area (Å²) in [6.45, 7) is 2.79. The summed E-state index contributed by atoms with van der Waals surface area (Å²) in [4.78, 5) is 4.07. The van der Waals surface area contributed by atoms with Gasteiger partial charge in [0, 0.05) is 23.8 Å². The molecule has 0 unspecified atom stereocenters. The number of nitrogens with one attached hydrogen (secondary N) is 1. The Morgan fingerprint density at radius 3 is 2.63 bits per heavy atom. The normalized spacial score (nSPS) is 15.6. The first-order chi connectivity index (χ1) is 8.85. The molecule has 19 heavy (non-hydrogen) atoms. The molecular weight excluding hydrogens is 257 g/mol. The highest BCUT2D eigenvalue weighted by molar-refractivity contribution is 5.36. The maximum atomic E-state index is 12.2. The standard InChI is InChI=1S/C13H17F3N2O/c1-8-5-9(2)18-12(19-7-13(14,15)16)11(8)6-17-10-3-4-10/h5,10,17H,3-4,6-7H2,1-2H3. The highest BCUT2D eigenvalue weighted by Gasteiger charge is 2.29. The highest BCUT2D eigenvalue weighted by atomic mass is 19.4. The van der Waals surface area contributed by atoms with Gasteiger partial charge in [-0.3, -0.25) is 0 Å². The monoisotopic (exact) mass is 274 g/mol. The molecule has 1 aliphatic rings. The Kier molecular flexibility index (Phi) is 3.99. The molecule has 0 saturated heterocycles. The number of hydrogen-bond acceptors (Lipinski definition) is 3. The third kappa shape index (κ3) is 4.38. The second-order valence-electron chi connectivity index (χ2n) is 4.92. The molecule has 0 bridgehead atoms. The van der Waals surface area contributed by atoms with E-state index in [9.17, 15) is 13.2 Å². The van der Waals surface area contributed by atoms with Crippen LogP contribution in [0.15, 0.2) is 6.07 Å². The number of ether oxygens (including phenoxy) is 1. The molecule has 1 fully saturated rings. The highest BCUT2D eigenvalue weighted by Crippen LogP contribution is 2.26. The van der Waals surface area contributed by atoms with Crippen LogP contribution in [-0.2, 0) is 6.54 Å². The van der Waals surface area contributed by atoms with Crippen molar-refractivity contribution in [1.82, 2.24) is 10.3 Å². The number of aryl methyl sites for hydroxylation is 2. The molecule has 0 aromatic carbocycles. The summed E-state index contributed by atoms with van der Waals surface area (Å²) in [7, 11) is 0. The largest absolute Gasteiger partial charge is 0.468 e. The summed E-state index contributed by atoms with van der Waals surface area (Å²) in [6.07, 6.45) is -2.10. The van der Waals surface area contributed by atoms with Crippen LogP contribution in [0.4, 0.5) is 13.2 Å². The summed E-state index contributed by atoms with van der Waals surface area (Å²) in [6, 6.07) is 2.33. The van der Waals surface area contributed by atoms with E-state index in [-0.39, 0.29) is 5.88 Å². The van der Waals surface area contributed by atoms with Crippen LogP contribution in [0.25, 0.3) is 0 Å². The van der Waals surface area contributed by atoms with Gasteiger partial charge < -0.3 is 10.1 Å². The molecule has 0 spiro atoms. The zero-order chi connectivity index (χ0) is 14.0. The number of pyridine rings is 1. The minimum Gasteiger partial charge on any atom is -0.468 e. The van der Waals surface area contributed by atoms with Crippen molar-refractivity contribution in [2.45, 2.75) is 45.5 Å². The van der Waals surface area contributed by atoms with Gasteiger partial charge >= 0.3 is 6.18 Å². The van der Waals surface area contributed by atoms with Crippen LogP contribution in [0.2, 0.25) is 0 Å². The van der Waals surface area contributed by atoms with Crippen LogP contribution in [0, 0.1) is 13.8 Å². The van der Waals surface area contributed by atoms with Crippen LogP contribution >= 0.6 is 0 Å². The van der Waals surface area contributed by atoms with Crippen molar-refractivity contribution in [3.05, 3.63) is 22.9 Å². The van der Waals surface area contributed by atoms with Gasteiger partial charge in [0.05, 0.1) is 0 Å². The molecule has 1 aromatic heterocycles. The van der Waals surface area contributed by atoms with Crippen LogP contribution in [0.1, 0.15) is 29.7 Å². The minimum atomic E-state index is -4.35. The van der Waals surface area contributed by atoms with Gasteiger partial charge in [-0.25, -0.2) is 4.98 Å². The predicted octanol–water partition coefficient (Wildman–Crippen LogP) is 2.89. The topological polar surface area (TPSA) is 34.1 Å². The average Bonchev–Trinajstić information content (AvgIpc) is 3.07. The molecule has 1 saturated carbocycles. The third-order valence-electron chi connectivity index (χ3n) is 2.95. The van der Waals surface area contributed by atoms with E-state index in [1.807, 2.05) is 13.0 Å². The number of rotatable bonds is 5. The summed E-state index contributed by atoms with van der Waals surface area (Å²) >= 11 is 0. The molecule has 3 nitrogen and oxygen atoms in total. The lowest BCUT2D eigenvalue weighted by Gasteiger charge is -2.15. The molecule has 0 radical (unpaired) electrons. The van der Waals surface area contributed by atoms with Gasteiger partial charge in [-0.05, 0) is 38.3 Å². The smallest absolute Gasteiger partial charge is 0.422 e. The Labute approximate surface area is 110 Å². The molecule has 6 heteroatoms. The van der Waals surface area contributed by atoms with Crippen LogP contribution in [-0.4, -0.2) is 23.8 Å². The molecule has 2 rings (SSSR count). The first-order valence-electron chi connectivity index (χ1n) is 6.25. The Hall–Kier alpha value is -1.30. The van der Waals surface area contributed by atoms with E-state index in [0.29, 0.717) is 23.8 Å². The fourth-order valence-corrected chi connectivity index (χ4v) is 1.85. The maximum Gasteiger partial charge on any atom is 0.422 e. The molecule has 1 heterocycles. The summed E-state index contributed by atoms with van der Waals surface area (Å²) < 4.78 is 41.5. The van der Waals surface area contributed by atoms with Crippen LogP contribution < -0.4 is 10.1 Å². The predicted molar refractivity (Wildman–Crippen MR) is 65.1 cm³/mol. The lowest BCUT2D eigenvalue weighted by molar-refractivity contribution is -0.154. The zero-order valence-electron chi connectivity index (χ0n) is 11.0. The Morgan fingerprint density at radius 2 is 2.05 bits per heavy atom. The third-order valence-corrected chi connectivity index (χ3v) is 2.95. The Bertz CT molecular complexity index is 456. The van der Waals surface area contributed by atoms with Crippen molar-refractivity contribution in [2.24, 2.45) is 0 Å². The Balaban J connectivity index is 2.12. The summed E-state index contributed by atoms with van der Waals surface area (Å²) in [5.74, 6) is 0.0861. The van der Waals surface area contributed by atoms with E-state index in [4.69, 9.17) is 4.74 Å². The van der Waals surface area contributed by atoms with E-state index in [0.717, 1.165) is 18.4 Å². The van der Waals surface area contributed by atoms with Crippen molar-refractivity contribution < 1.29 is 17.9 Å². The van der Waals surface area contributed by atoms with Crippen molar-refractivity contribution >= 4 is 0 Å². The number of halogens is 3. The van der Waals surface area contributed by atoms with Crippen molar-refractivity contribution in [3.8, 4) is 5.88 Å². The number of nitrogens with zero attached hydrogens (tertiary/aromatic N) is 1. The van der Waals surface area contributed by atoms with E-state index in [2.05, 4.69) is 10.3 Å². The molecule has 0 aliphatic heterocycles. The van der Waals surface area contributed by atoms with E-state index in [1.54, 1.807) is 6.92 Å². The van der Waals surface area contributed by atoms with Crippen molar-refractivity contribution in [2.75, 3.05) is 6.61 Å². The van der Waals surface area contributed by atoms with Gasteiger partial charge in [0.2, 0.25) is 5.88 Å². The van der Waals surface area contributed by atoms with Gasteiger partial charge in [-0.1, -0.05) is 0 Å². The van der Waals surface area contributed by atoms with Crippen molar-refractivity contribution in [1.29, 1.82) is 0 Å². The van der Waals surface area contributed by atoms with Crippen LogP contribution in [0.5, 0.6) is 5.88 Å². The SMILES string of the molecule is Cc1cc(C)c(CNC2CC2)c(OCC(F)(F)F)n1. The quantitative estimate of drug-likeness (QED) is 0.896. The zero-order valence-corrected chi connectivity index (χ0v) is 11.0. The number of aromatic nitrogens is 1. The molecule has 106 valence electrons. The second-order valence-corrected chi connectivity index (χ2v) is 4.92. The molecule has 1 N–H and O–H groups in total. The molecule has 1 aromatic rings. The van der Waals surface area contributed by atoms with Gasteiger partial charge in [-0.2, -0.15) is 13.2 Å². The molecule has 0 atom stereocenters. The fourth-order valence-electron chi connectivity index (χ4n) is 1.85. The van der Waals surface area contributed by atoms with Gasteiger partial charge in [0.25, 0.3) is 0 Å². The van der Waals surface area contributed by atoms with E-state index < -0.39 is 12.8 Å². The van der Waals surface area contributed by atoms with Crippen molar-refractivity contribution in [3.63, 3.8) is 0 Å². The lowest BCUT2D eigenvalue weighted by Crippen LogP contribution is -2.22. The minimum absolute atomic E-state index is 0.0861. The first kappa shape index (κ1) is 14.1. The van der Waals surface area contributed by atoms with Crippen LogP contribution in [0.3, 0.4) is 0 Å². The van der Waals surface area contributed by atoms with Gasteiger partial charge in [-0.15, -0.1) is 0 Å². The maximum absolute atomic E-state index is 12.2. The Morgan fingerprint density at radius 1 is 1.37 bits per heavy atom. The summed E-state index contributed by atoms with van der Waals surface area (Å²) in [5, 5.41) is 3.27. The van der Waals surface area contributed by atoms with E-state index in [1.165, 1.54) is 0 Å². The molecular formula is C13H17F3N2O. The van der Waals surface area contributed by atoms with Gasteiger partial charge in [0.1, 0.15) is 0 Å². The number of alkyl halides is 3. The fraction of sp³-hybridized carbons (Fsp3) is 0.615. The summed E-state index contributed by atoms with van der Waals surface area (Å²) in [5.41, 5.74) is 2.27. The second kappa shape index (κ2) is 5.36. The average molecular weight is 274 g/mol. The number of hydrogen-bond donors (Lipinski definition) is 1. The molecule has 0 amide bonds. The van der Waals surface area contributed by atoms with E-state index >= 15 is 0 Å². The van der Waals surface area contributed by atoms with Gasteiger partial charge in [0.15, 0.2) is 6.61 Å². The lowest BCUT2D eigenvalue weighted by atomic mass is 10.1. The first-order valence-corrected chi connectivity index (χ1v) is 6.25. The molecule has 1 aliphatic carbocycles.